The predicted molar refractivity (Wildman–Crippen MR) is 66.2 cm³/mol. The molecule has 1 N–H and O–H groups in total. The van der Waals surface area contributed by atoms with Crippen molar-refractivity contribution in [3.05, 3.63) is 30.1 Å². The van der Waals surface area contributed by atoms with Gasteiger partial charge in [0.05, 0.1) is 0 Å². The fourth-order valence-electron chi connectivity index (χ4n) is 2.36. The molecule has 3 heteroatoms. The number of hydrogen-bond acceptors (Lipinski definition) is 3. The van der Waals surface area contributed by atoms with Gasteiger partial charge in [-0.15, -0.1) is 0 Å². The molecule has 0 aromatic carbocycles. The molecule has 1 aliphatic heterocycles. The van der Waals surface area contributed by atoms with E-state index in [4.69, 9.17) is 0 Å². The van der Waals surface area contributed by atoms with E-state index in [-0.39, 0.29) is 0 Å². The van der Waals surface area contributed by atoms with Crippen LogP contribution >= 0.6 is 0 Å². The molecule has 88 valence electrons. The second-order valence-electron chi connectivity index (χ2n) is 4.48. The number of pyridine rings is 1. The minimum Gasteiger partial charge on any atom is -0.314 e. The Morgan fingerprint density at radius 1 is 1.56 bits per heavy atom. The van der Waals surface area contributed by atoms with Gasteiger partial charge in [0.1, 0.15) is 0 Å². The molecule has 16 heavy (non-hydrogen) atoms. The maximum atomic E-state index is 4.18. The molecule has 1 aromatic heterocycles. The van der Waals surface area contributed by atoms with Crippen LogP contribution in [0.15, 0.2) is 24.5 Å². The quantitative estimate of drug-likeness (QED) is 0.834. The van der Waals surface area contributed by atoms with Crippen molar-refractivity contribution in [3.8, 4) is 0 Å². The van der Waals surface area contributed by atoms with Gasteiger partial charge < -0.3 is 5.32 Å². The van der Waals surface area contributed by atoms with E-state index in [1.54, 1.807) is 0 Å². The second kappa shape index (κ2) is 5.97. The normalized spacial score (nSPS) is 22.2. The number of hydrogen-bond donors (Lipinski definition) is 1. The van der Waals surface area contributed by atoms with Crippen molar-refractivity contribution in [3.63, 3.8) is 0 Å². The highest BCUT2D eigenvalue weighted by Crippen LogP contribution is 2.13. The van der Waals surface area contributed by atoms with Gasteiger partial charge in [-0.2, -0.15) is 0 Å². The lowest BCUT2D eigenvalue weighted by Crippen LogP contribution is -2.50. The first-order valence-corrected chi connectivity index (χ1v) is 6.24. The lowest BCUT2D eigenvalue weighted by molar-refractivity contribution is 0.144. The van der Waals surface area contributed by atoms with Gasteiger partial charge in [0.2, 0.25) is 0 Å². The number of nitrogens with one attached hydrogen (secondary N) is 1. The molecule has 0 amide bonds. The van der Waals surface area contributed by atoms with Crippen molar-refractivity contribution < 1.29 is 0 Å². The minimum absolute atomic E-state index is 0.693. The fraction of sp³-hybridized carbons (Fsp3) is 0.615. The Hall–Kier alpha value is -0.930. The van der Waals surface area contributed by atoms with Crippen LogP contribution in [0.2, 0.25) is 0 Å². The zero-order valence-electron chi connectivity index (χ0n) is 10.0. The van der Waals surface area contributed by atoms with Crippen molar-refractivity contribution >= 4 is 0 Å². The van der Waals surface area contributed by atoms with E-state index in [0.29, 0.717) is 6.04 Å². The lowest BCUT2D eigenvalue weighted by atomic mass is 10.1. The van der Waals surface area contributed by atoms with Crippen molar-refractivity contribution in [1.29, 1.82) is 0 Å². The zero-order valence-corrected chi connectivity index (χ0v) is 10.0. The summed E-state index contributed by atoms with van der Waals surface area (Å²) in [4.78, 5) is 6.76. The lowest BCUT2D eigenvalue weighted by Gasteiger charge is -2.36. The number of nitrogens with zero attached hydrogens (tertiary/aromatic N) is 2. The van der Waals surface area contributed by atoms with E-state index in [1.807, 2.05) is 18.5 Å². The molecule has 0 spiro atoms. The first-order valence-electron chi connectivity index (χ1n) is 6.24. The maximum absolute atomic E-state index is 4.18. The highest BCUT2D eigenvalue weighted by Gasteiger charge is 2.20. The predicted octanol–water partition coefficient (Wildman–Crippen LogP) is 1.66. The molecule has 1 saturated heterocycles. The van der Waals surface area contributed by atoms with Crippen LogP contribution in [0, 0.1) is 0 Å². The van der Waals surface area contributed by atoms with Gasteiger partial charge in [-0.3, -0.25) is 9.88 Å². The molecule has 1 aromatic rings. The molecule has 3 nitrogen and oxygen atoms in total. The van der Waals surface area contributed by atoms with Crippen LogP contribution in [0.3, 0.4) is 0 Å². The van der Waals surface area contributed by atoms with Gasteiger partial charge in [0.25, 0.3) is 0 Å². The van der Waals surface area contributed by atoms with Crippen molar-refractivity contribution in [2.45, 2.75) is 32.4 Å². The molecule has 1 atom stereocenters. The van der Waals surface area contributed by atoms with Gasteiger partial charge in [0.15, 0.2) is 0 Å². The summed E-state index contributed by atoms with van der Waals surface area (Å²) in [5.74, 6) is 0. The Morgan fingerprint density at radius 2 is 2.50 bits per heavy atom. The average Bonchev–Trinajstić information content (AvgIpc) is 2.33. The van der Waals surface area contributed by atoms with Gasteiger partial charge in [-0.1, -0.05) is 19.4 Å². The van der Waals surface area contributed by atoms with E-state index >= 15 is 0 Å². The van der Waals surface area contributed by atoms with Gasteiger partial charge >= 0.3 is 0 Å². The van der Waals surface area contributed by atoms with Gasteiger partial charge in [0, 0.05) is 44.6 Å². The summed E-state index contributed by atoms with van der Waals surface area (Å²) in [6, 6.07) is 4.88. The molecule has 0 saturated carbocycles. The van der Waals surface area contributed by atoms with E-state index < -0.39 is 0 Å². The molecule has 0 radical (unpaired) electrons. The summed E-state index contributed by atoms with van der Waals surface area (Å²) >= 11 is 0. The smallest absolute Gasteiger partial charge is 0.0312 e. The molecule has 2 heterocycles. The van der Waals surface area contributed by atoms with Crippen LogP contribution in [0.25, 0.3) is 0 Å². The third kappa shape index (κ3) is 3.03. The molecule has 1 unspecified atom stereocenters. The molecule has 0 aliphatic carbocycles. The van der Waals surface area contributed by atoms with E-state index in [2.05, 4.69) is 28.2 Å². The standard InChI is InChI=1S/C13H21N3/c1-2-4-13-10-15-7-8-16(13)11-12-5-3-6-14-9-12/h3,5-6,9,13,15H,2,4,7-8,10-11H2,1H3. The topological polar surface area (TPSA) is 28.2 Å². The largest absolute Gasteiger partial charge is 0.314 e. The highest BCUT2D eigenvalue weighted by atomic mass is 15.2. The second-order valence-corrected chi connectivity index (χ2v) is 4.48. The Kier molecular flexibility index (Phi) is 4.31. The number of rotatable bonds is 4. The summed E-state index contributed by atoms with van der Waals surface area (Å²) in [5.41, 5.74) is 1.32. The Morgan fingerprint density at radius 3 is 3.25 bits per heavy atom. The Bertz CT molecular complexity index is 297. The third-order valence-corrected chi connectivity index (χ3v) is 3.20. The minimum atomic E-state index is 0.693. The van der Waals surface area contributed by atoms with Crippen LogP contribution in [-0.2, 0) is 6.54 Å². The summed E-state index contributed by atoms with van der Waals surface area (Å²) in [6.45, 7) is 6.70. The monoisotopic (exact) mass is 219 g/mol. The summed E-state index contributed by atoms with van der Waals surface area (Å²) in [7, 11) is 0. The van der Waals surface area contributed by atoms with Crippen LogP contribution < -0.4 is 5.32 Å². The van der Waals surface area contributed by atoms with Crippen LogP contribution in [0.4, 0.5) is 0 Å². The molecular formula is C13H21N3. The first-order chi connectivity index (χ1) is 7.90. The molecule has 2 rings (SSSR count). The summed E-state index contributed by atoms with van der Waals surface area (Å²) < 4.78 is 0. The van der Waals surface area contributed by atoms with Crippen LogP contribution in [0.5, 0.6) is 0 Å². The zero-order chi connectivity index (χ0) is 11.2. The summed E-state index contributed by atoms with van der Waals surface area (Å²) in [5, 5.41) is 3.48. The average molecular weight is 219 g/mol. The number of aromatic nitrogens is 1. The van der Waals surface area contributed by atoms with Crippen molar-refractivity contribution in [1.82, 2.24) is 15.2 Å². The van der Waals surface area contributed by atoms with Crippen LogP contribution in [-0.4, -0.2) is 35.6 Å². The van der Waals surface area contributed by atoms with Crippen molar-refractivity contribution in [2.24, 2.45) is 0 Å². The highest BCUT2D eigenvalue weighted by molar-refractivity contribution is 5.08. The van der Waals surface area contributed by atoms with Gasteiger partial charge in [-0.25, -0.2) is 0 Å². The van der Waals surface area contributed by atoms with Gasteiger partial charge in [-0.05, 0) is 18.1 Å². The van der Waals surface area contributed by atoms with E-state index in [1.165, 1.54) is 18.4 Å². The molecular weight excluding hydrogens is 198 g/mol. The Labute approximate surface area is 97.9 Å². The van der Waals surface area contributed by atoms with E-state index in [0.717, 1.165) is 26.2 Å². The first kappa shape index (κ1) is 11.6. The van der Waals surface area contributed by atoms with Crippen molar-refractivity contribution in [2.75, 3.05) is 19.6 Å². The SMILES string of the molecule is CCCC1CNCCN1Cc1cccnc1. The van der Waals surface area contributed by atoms with E-state index in [9.17, 15) is 0 Å². The summed E-state index contributed by atoms with van der Waals surface area (Å²) in [6.07, 6.45) is 6.36. The number of piperazine rings is 1. The molecule has 1 fully saturated rings. The third-order valence-electron chi connectivity index (χ3n) is 3.20. The Balaban J connectivity index is 1.96. The fourth-order valence-corrected chi connectivity index (χ4v) is 2.36. The molecule has 0 bridgehead atoms. The maximum Gasteiger partial charge on any atom is 0.0312 e. The molecule has 1 aliphatic rings. The van der Waals surface area contributed by atoms with Crippen LogP contribution in [0.1, 0.15) is 25.3 Å².